The van der Waals surface area contributed by atoms with E-state index < -0.39 is 29.4 Å². The third-order valence-electron chi connectivity index (χ3n) is 8.47. The smallest absolute Gasteiger partial charge is 0.364 e. The predicted octanol–water partition coefficient (Wildman–Crippen LogP) is 7.67. The largest absolute Gasteiger partial charge is 0.455 e. The van der Waals surface area contributed by atoms with Crippen molar-refractivity contribution in [2.45, 2.75) is 18.4 Å². The van der Waals surface area contributed by atoms with E-state index in [9.17, 15) is 19.2 Å². The van der Waals surface area contributed by atoms with Crippen LogP contribution in [0.15, 0.2) is 89.1 Å². The van der Waals surface area contributed by atoms with E-state index in [1.807, 2.05) is 0 Å². The van der Waals surface area contributed by atoms with Gasteiger partial charge in [-0.2, -0.15) is 0 Å². The highest BCUT2D eigenvalue weighted by Gasteiger charge is 2.56. The first kappa shape index (κ1) is 27.7. The van der Waals surface area contributed by atoms with Gasteiger partial charge in [-0.25, -0.2) is 9.59 Å². The summed E-state index contributed by atoms with van der Waals surface area (Å²) in [6.45, 7) is 0. The Bertz CT molecular complexity index is 2290. The number of carbonyl (C=O) groups excluding carboxylic acids is 4. The van der Waals surface area contributed by atoms with Gasteiger partial charge in [-0.15, -0.1) is 5.06 Å². The number of ether oxygens (including phenoxy) is 2. The minimum atomic E-state index is -1.75. The minimum absolute atomic E-state index is 0.0786. The fourth-order valence-corrected chi connectivity index (χ4v) is 6.51. The van der Waals surface area contributed by atoms with Crippen molar-refractivity contribution < 1.29 is 33.5 Å². The van der Waals surface area contributed by atoms with Crippen molar-refractivity contribution in [1.29, 1.82) is 0 Å². The number of hydroxylamine groups is 2. The Morgan fingerprint density at radius 2 is 1.36 bits per heavy atom. The predicted molar refractivity (Wildman–Crippen MR) is 164 cm³/mol. The second-order valence-corrected chi connectivity index (χ2v) is 10.9. The van der Waals surface area contributed by atoms with Crippen LogP contribution >= 0.6 is 0 Å². The molecule has 14 nitrogen and oxygen atoms in total. The molecule has 3 heterocycles. The van der Waals surface area contributed by atoms with Crippen molar-refractivity contribution in [2.75, 3.05) is 0 Å². The molecule has 5 aromatic rings. The van der Waals surface area contributed by atoms with Gasteiger partial charge in [0.15, 0.2) is 5.60 Å². The molecule has 14 heteroatoms. The Labute approximate surface area is 262 Å². The van der Waals surface area contributed by atoms with Crippen LogP contribution in [0.4, 0.5) is 11.4 Å². The normalized spacial score (nSPS) is 17.4. The van der Waals surface area contributed by atoms with Gasteiger partial charge in [-0.1, -0.05) is 52.7 Å². The van der Waals surface area contributed by atoms with Crippen LogP contribution in [0.25, 0.3) is 42.4 Å². The van der Waals surface area contributed by atoms with Gasteiger partial charge in [-0.3, -0.25) is 9.59 Å². The van der Waals surface area contributed by atoms with Crippen molar-refractivity contribution in [2.24, 2.45) is 10.2 Å². The second kappa shape index (κ2) is 10.1. The monoisotopic (exact) mass is 623 g/mol. The molecule has 5 aromatic carbocycles. The number of hydrogen-bond donors (Lipinski definition) is 0. The maximum Gasteiger partial charge on any atom is 0.364 e. The molecule has 0 saturated carbocycles. The molecule has 0 bridgehead atoms. The third kappa shape index (κ3) is 3.93. The topological polar surface area (TPSA) is 197 Å². The highest BCUT2D eigenvalue weighted by atomic mass is 16.7. The highest BCUT2D eigenvalue weighted by molar-refractivity contribution is 6.07. The van der Waals surface area contributed by atoms with E-state index >= 15 is 0 Å². The zero-order valence-corrected chi connectivity index (χ0v) is 23.9. The summed E-state index contributed by atoms with van der Waals surface area (Å²) in [6.07, 6.45) is -0.183. The van der Waals surface area contributed by atoms with E-state index in [1.54, 1.807) is 60.7 Å². The summed E-state index contributed by atoms with van der Waals surface area (Å²) in [5, 5.41) is 10.3. The molecule has 1 saturated heterocycles. The van der Waals surface area contributed by atoms with Gasteiger partial charge in [0.1, 0.15) is 11.5 Å². The molecular formula is C33H17N7O7. The van der Waals surface area contributed by atoms with Crippen molar-refractivity contribution in [1.82, 2.24) is 5.06 Å². The number of azide groups is 2. The lowest BCUT2D eigenvalue weighted by Gasteiger charge is -2.38. The van der Waals surface area contributed by atoms with Crippen LogP contribution in [-0.4, -0.2) is 28.8 Å². The molecule has 0 aromatic heterocycles. The molecule has 0 aliphatic carbocycles. The number of rotatable bonds is 4. The van der Waals surface area contributed by atoms with Crippen LogP contribution in [0.1, 0.15) is 50.2 Å². The zero-order valence-electron chi connectivity index (χ0n) is 23.9. The lowest BCUT2D eigenvalue weighted by molar-refractivity contribution is -0.172. The standard InChI is InChI=1S/C33H17N7O7/c34-38-36-18-6-8-20-16(14-18)4-10-24-29(20)45-30-21-9-7-19(37-39-35)15-17(21)5-11-25(30)33(24)28-22(31(43)46-33)2-1-3-23(28)32(44)47-40-26(41)12-13-27(40)42/h1-11,14-15H,12-13H2. The molecule has 226 valence electrons. The summed E-state index contributed by atoms with van der Waals surface area (Å²) >= 11 is 0. The van der Waals surface area contributed by atoms with E-state index in [-0.39, 0.29) is 29.5 Å². The molecule has 0 unspecified atom stereocenters. The summed E-state index contributed by atoms with van der Waals surface area (Å²) in [5.74, 6) is -2.45. The van der Waals surface area contributed by atoms with Crippen LogP contribution in [0.3, 0.4) is 0 Å². The summed E-state index contributed by atoms with van der Waals surface area (Å²) in [4.78, 5) is 63.2. The fourth-order valence-electron chi connectivity index (χ4n) is 6.51. The average Bonchev–Trinajstić information content (AvgIpc) is 3.55. The molecule has 1 fully saturated rings. The number of carbonyl (C=O) groups is 4. The van der Waals surface area contributed by atoms with Crippen LogP contribution < -0.4 is 4.74 Å². The maximum atomic E-state index is 13.8. The van der Waals surface area contributed by atoms with Gasteiger partial charge in [0, 0.05) is 61.5 Å². The summed E-state index contributed by atoms with van der Waals surface area (Å²) in [5.41, 5.74) is 17.8. The summed E-state index contributed by atoms with van der Waals surface area (Å²) in [6, 6.07) is 21.4. The van der Waals surface area contributed by atoms with Crippen LogP contribution in [0.2, 0.25) is 0 Å². The average molecular weight is 624 g/mol. The number of esters is 1. The zero-order chi connectivity index (χ0) is 32.4. The molecule has 0 radical (unpaired) electrons. The Balaban J connectivity index is 1.43. The molecule has 3 aliphatic rings. The van der Waals surface area contributed by atoms with Gasteiger partial charge in [0.2, 0.25) is 0 Å². The summed E-state index contributed by atoms with van der Waals surface area (Å²) in [7, 11) is 0. The SMILES string of the molecule is [N-]=[N+]=Nc1ccc2c3c(ccc2c1)C1(OC(=O)c2cccc(C(=O)ON4C(=O)CCC4=O)c21)c1ccc2cc(N=[N+]=[N-])ccc2c1O3. The molecule has 3 aliphatic heterocycles. The second-order valence-electron chi connectivity index (χ2n) is 10.9. The quantitative estimate of drug-likeness (QED) is 0.0643. The Morgan fingerprint density at radius 3 is 1.91 bits per heavy atom. The van der Waals surface area contributed by atoms with Crippen molar-refractivity contribution >= 4 is 56.7 Å². The van der Waals surface area contributed by atoms with Gasteiger partial charge in [0.05, 0.1) is 11.1 Å². The summed E-state index contributed by atoms with van der Waals surface area (Å²) < 4.78 is 13.0. The Kier molecular flexibility index (Phi) is 5.93. The lowest BCUT2D eigenvalue weighted by atomic mass is 9.74. The van der Waals surface area contributed by atoms with Crippen LogP contribution in [0, 0.1) is 0 Å². The van der Waals surface area contributed by atoms with E-state index in [1.165, 1.54) is 18.2 Å². The number of benzene rings is 5. The van der Waals surface area contributed by atoms with E-state index in [0.717, 1.165) is 0 Å². The molecular weight excluding hydrogens is 606 g/mol. The highest BCUT2D eigenvalue weighted by Crippen LogP contribution is 2.59. The van der Waals surface area contributed by atoms with Crippen LogP contribution in [0.5, 0.6) is 11.5 Å². The van der Waals surface area contributed by atoms with E-state index in [4.69, 9.17) is 25.4 Å². The maximum absolute atomic E-state index is 13.8. The number of imide groups is 1. The first-order valence-electron chi connectivity index (χ1n) is 14.2. The van der Waals surface area contributed by atoms with Crippen molar-refractivity contribution in [3.05, 3.63) is 128 Å². The number of amides is 2. The third-order valence-corrected chi connectivity index (χ3v) is 8.47. The molecule has 2 amide bonds. The molecule has 1 spiro atoms. The first-order valence-corrected chi connectivity index (χ1v) is 14.2. The lowest BCUT2D eigenvalue weighted by Crippen LogP contribution is -2.36. The van der Waals surface area contributed by atoms with Crippen molar-refractivity contribution in [3.63, 3.8) is 0 Å². The number of fused-ring (bicyclic) bond motifs is 10. The van der Waals surface area contributed by atoms with Gasteiger partial charge in [0.25, 0.3) is 11.8 Å². The van der Waals surface area contributed by atoms with Gasteiger partial charge in [-0.05, 0) is 58.2 Å². The number of nitrogens with zero attached hydrogens (tertiary/aromatic N) is 7. The Hall–Kier alpha value is -6.88. The minimum Gasteiger partial charge on any atom is -0.455 e. The fraction of sp³-hybridized carbons (Fsp3) is 0.0909. The first-order chi connectivity index (χ1) is 22.8. The molecule has 0 N–H and O–H groups in total. The van der Waals surface area contributed by atoms with Crippen molar-refractivity contribution in [3.8, 4) is 11.5 Å². The van der Waals surface area contributed by atoms with E-state index in [0.29, 0.717) is 60.6 Å². The number of hydrogen-bond acceptors (Lipinski definition) is 9. The van der Waals surface area contributed by atoms with Gasteiger partial charge >= 0.3 is 11.9 Å². The molecule has 8 rings (SSSR count). The van der Waals surface area contributed by atoms with Crippen LogP contribution in [-0.2, 0) is 24.8 Å². The van der Waals surface area contributed by atoms with Gasteiger partial charge < -0.3 is 14.3 Å². The van der Waals surface area contributed by atoms with E-state index in [2.05, 4.69) is 20.1 Å². The molecule has 0 atom stereocenters. The Morgan fingerprint density at radius 1 is 0.787 bits per heavy atom. The molecule has 47 heavy (non-hydrogen) atoms.